The topological polar surface area (TPSA) is 61.9 Å². The monoisotopic (exact) mass is 521 g/mol. The number of carbonyl (C=O) groups is 2. The molecule has 2 heterocycles. The number of nitrogens with one attached hydrogen (secondary N) is 1. The Morgan fingerprint density at radius 2 is 1.86 bits per heavy atom. The van der Waals surface area contributed by atoms with E-state index in [0.29, 0.717) is 18.7 Å². The van der Waals surface area contributed by atoms with E-state index in [2.05, 4.69) is 5.32 Å². The smallest absolute Gasteiger partial charge is 0.410 e. The van der Waals surface area contributed by atoms with Gasteiger partial charge in [0.25, 0.3) is 0 Å². The Hall–Kier alpha value is -2.51. The first-order valence-electron chi connectivity index (χ1n) is 11.5. The summed E-state index contributed by atoms with van der Waals surface area (Å²) < 4.78 is 20.8. The minimum atomic E-state index is -1.06. The van der Waals surface area contributed by atoms with E-state index in [0.717, 1.165) is 11.3 Å². The summed E-state index contributed by atoms with van der Waals surface area (Å²) in [6.45, 7) is 9.63. The number of ether oxygens (including phenoxy) is 1. The first-order chi connectivity index (χ1) is 16.2. The van der Waals surface area contributed by atoms with Crippen molar-refractivity contribution in [3.05, 3.63) is 57.3 Å². The van der Waals surface area contributed by atoms with Gasteiger partial charge in [-0.2, -0.15) is 0 Å². The van der Waals surface area contributed by atoms with E-state index >= 15 is 4.39 Å². The fourth-order valence-corrected chi connectivity index (χ4v) is 5.45. The molecule has 2 aromatic rings. The molecule has 35 heavy (non-hydrogen) atoms. The van der Waals surface area contributed by atoms with Crippen LogP contribution in [-0.4, -0.2) is 42.6 Å². The summed E-state index contributed by atoms with van der Waals surface area (Å²) in [6.07, 6.45) is -0.110. The second-order valence-electron chi connectivity index (χ2n) is 10.8. The maximum Gasteiger partial charge on any atom is 0.410 e. The van der Waals surface area contributed by atoms with Crippen LogP contribution in [0.25, 0.3) is 0 Å². The van der Waals surface area contributed by atoms with E-state index in [-0.39, 0.29) is 28.1 Å². The molecule has 6 nitrogen and oxygen atoms in total. The van der Waals surface area contributed by atoms with Gasteiger partial charge < -0.3 is 19.9 Å². The second-order valence-corrected chi connectivity index (χ2v) is 11.6. The van der Waals surface area contributed by atoms with Crippen LogP contribution < -0.4 is 10.2 Å². The molecule has 2 amide bonds. The van der Waals surface area contributed by atoms with Crippen LogP contribution in [-0.2, 0) is 20.5 Å². The van der Waals surface area contributed by atoms with Crippen LogP contribution in [0.5, 0.6) is 0 Å². The van der Waals surface area contributed by atoms with Gasteiger partial charge in [-0.15, -0.1) is 0 Å². The normalized spacial score (nSPS) is 21.3. The zero-order valence-corrected chi connectivity index (χ0v) is 22.3. The van der Waals surface area contributed by atoms with Crippen LogP contribution in [0, 0.1) is 5.82 Å². The van der Waals surface area contributed by atoms with Crippen LogP contribution >= 0.6 is 23.2 Å². The Labute approximate surface area is 215 Å². The number of hydrogen-bond donors (Lipinski definition) is 1. The predicted molar refractivity (Wildman–Crippen MR) is 137 cm³/mol. The van der Waals surface area contributed by atoms with Crippen molar-refractivity contribution < 1.29 is 18.7 Å². The van der Waals surface area contributed by atoms with E-state index < -0.39 is 28.5 Å². The third-order valence-electron chi connectivity index (χ3n) is 6.70. The lowest BCUT2D eigenvalue weighted by Crippen LogP contribution is -2.42. The number of halogens is 3. The molecular formula is C26H30Cl2FN3O3. The lowest BCUT2D eigenvalue weighted by Gasteiger charge is -2.34. The second kappa shape index (κ2) is 8.56. The molecule has 1 N–H and O–H groups in total. The third-order valence-corrected chi connectivity index (χ3v) is 7.50. The number of anilines is 2. The summed E-state index contributed by atoms with van der Waals surface area (Å²) in [4.78, 5) is 28.8. The van der Waals surface area contributed by atoms with Crippen molar-refractivity contribution >= 4 is 46.6 Å². The summed E-state index contributed by atoms with van der Waals surface area (Å²) in [5, 5.41) is 3.77. The average molecular weight is 522 g/mol. The summed E-state index contributed by atoms with van der Waals surface area (Å²) in [6, 6.07) is 8.33. The summed E-state index contributed by atoms with van der Waals surface area (Å²) in [7, 11) is 1.74. The zero-order chi connectivity index (χ0) is 25.9. The molecule has 0 aromatic heterocycles. The Morgan fingerprint density at radius 1 is 1.17 bits per heavy atom. The molecule has 1 atom stereocenters. The van der Waals surface area contributed by atoms with Gasteiger partial charge in [-0.25, -0.2) is 9.18 Å². The minimum Gasteiger partial charge on any atom is -0.444 e. The molecule has 0 bridgehead atoms. The highest BCUT2D eigenvalue weighted by atomic mass is 35.5. The maximum absolute atomic E-state index is 15.3. The quantitative estimate of drug-likeness (QED) is 0.479. The summed E-state index contributed by atoms with van der Waals surface area (Å²) >= 11 is 12.8. The Balaban J connectivity index is 1.76. The van der Waals surface area contributed by atoms with Crippen LogP contribution in [0.1, 0.15) is 52.2 Å². The van der Waals surface area contributed by atoms with Crippen LogP contribution in [0.4, 0.5) is 20.6 Å². The molecule has 2 aromatic carbocycles. The van der Waals surface area contributed by atoms with Gasteiger partial charge in [-0.1, -0.05) is 29.3 Å². The van der Waals surface area contributed by atoms with Gasteiger partial charge in [-0.3, -0.25) is 4.79 Å². The fourth-order valence-electron chi connectivity index (χ4n) is 4.96. The number of fused-ring (bicyclic) bond motifs is 1. The van der Waals surface area contributed by atoms with Crippen molar-refractivity contribution in [3.63, 3.8) is 0 Å². The lowest BCUT2D eigenvalue weighted by atomic mass is 9.85. The van der Waals surface area contributed by atoms with Crippen LogP contribution in [0.3, 0.4) is 0 Å². The van der Waals surface area contributed by atoms with Crippen molar-refractivity contribution in [2.75, 3.05) is 30.4 Å². The first-order valence-corrected chi connectivity index (χ1v) is 12.2. The molecule has 188 valence electrons. The summed E-state index contributed by atoms with van der Waals surface area (Å²) in [5.74, 6) is -0.521. The van der Waals surface area contributed by atoms with Crippen LogP contribution in [0.2, 0.25) is 10.0 Å². The van der Waals surface area contributed by atoms with Gasteiger partial charge in [0.2, 0.25) is 5.91 Å². The number of benzene rings is 2. The highest BCUT2D eigenvalue weighted by Crippen LogP contribution is 2.46. The number of carbonyl (C=O) groups excluding carboxylic acids is 2. The minimum absolute atomic E-state index is 0.000241. The molecule has 1 fully saturated rings. The van der Waals surface area contributed by atoms with E-state index in [9.17, 15) is 9.59 Å². The lowest BCUT2D eigenvalue weighted by molar-refractivity contribution is -0.121. The maximum atomic E-state index is 15.3. The van der Waals surface area contributed by atoms with Gasteiger partial charge in [0, 0.05) is 30.5 Å². The standard InChI is InChI=1S/C26H30Cl2FN3O3/c1-24(2,3)35-23(34)32-12-11-26(14-32,20-18(29)10-9-17(27)21(20)28)30-15-7-8-16-19(13-15)31(6)22(33)25(16,4)5/h7-10,13,30H,11-12,14H2,1-6H3. The van der Waals surface area contributed by atoms with Gasteiger partial charge in [-0.05, 0) is 70.9 Å². The molecule has 1 saturated heterocycles. The zero-order valence-electron chi connectivity index (χ0n) is 20.8. The third kappa shape index (κ3) is 4.45. The molecule has 4 rings (SSSR count). The molecule has 9 heteroatoms. The number of rotatable bonds is 3. The van der Waals surface area contributed by atoms with Crippen molar-refractivity contribution in [2.24, 2.45) is 0 Å². The SMILES string of the molecule is CN1C(=O)C(C)(C)c2ccc(NC3(c4c(F)ccc(Cl)c4Cl)CCN(C(=O)OC(C)(C)C)C3)cc21. The van der Waals surface area contributed by atoms with Crippen molar-refractivity contribution in [1.29, 1.82) is 0 Å². The van der Waals surface area contributed by atoms with Gasteiger partial charge >= 0.3 is 6.09 Å². The Kier molecular flexibility index (Phi) is 6.25. The number of nitrogens with zero attached hydrogens (tertiary/aromatic N) is 2. The van der Waals surface area contributed by atoms with E-state index in [1.807, 2.05) is 32.0 Å². The molecule has 2 aliphatic heterocycles. The molecule has 1 unspecified atom stereocenters. The van der Waals surface area contributed by atoms with Crippen molar-refractivity contribution in [1.82, 2.24) is 4.90 Å². The number of hydrogen-bond acceptors (Lipinski definition) is 4. The predicted octanol–water partition coefficient (Wildman–Crippen LogP) is 6.33. The average Bonchev–Trinajstić information content (AvgIpc) is 3.25. The molecule has 2 aliphatic rings. The molecule has 0 aliphatic carbocycles. The van der Waals surface area contributed by atoms with Crippen molar-refractivity contribution in [3.8, 4) is 0 Å². The molecule has 0 saturated carbocycles. The largest absolute Gasteiger partial charge is 0.444 e. The Bertz CT molecular complexity index is 1210. The van der Waals surface area contributed by atoms with Crippen LogP contribution in [0.15, 0.2) is 30.3 Å². The number of likely N-dealkylation sites (N-methyl/N-ethyl adjacent to an activating group) is 1. The van der Waals surface area contributed by atoms with E-state index in [1.165, 1.54) is 12.1 Å². The molecule has 0 spiro atoms. The van der Waals surface area contributed by atoms with Gasteiger partial charge in [0.05, 0.1) is 27.5 Å². The highest BCUT2D eigenvalue weighted by molar-refractivity contribution is 6.42. The molecule has 0 radical (unpaired) electrons. The number of amides is 2. The summed E-state index contributed by atoms with van der Waals surface area (Å²) in [5.41, 5.74) is 0.194. The van der Waals surface area contributed by atoms with E-state index in [4.69, 9.17) is 27.9 Å². The Morgan fingerprint density at radius 3 is 2.51 bits per heavy atom. The number of likely N-dealkylation sites (tertiary alicyclic amines) is 1. The fraction of sp³-hybridized carbons (Fsp3) is 0.462. The van der Waals surface area contributed by atoms with Gasteiger partial charge in [0.1, 0.15) is 11.4 Å². The first kappa shape index (κ1) is 25.6. The highest BCUT2D eigenvalue weighted by Gasteiger charge is 2.47. The van der Waals surface area contributed by atoms with Crippen molar-refractivity contribution in [2.45, 2.75) is 57.6 Å². The molecular weight excluding hydrogens is 492 g/mol. The van der Waals surface area contributed by atoms with Gasteiger partial charge in [0.15, 0.2) is 0 Å². The van der Waals surface area contributed by atoms with E-state index in [1.54, 1.807) is 37.6 Å².